The maximum absolute atomic E-state index is 11.1. The lowest BCUT2D eigenvalue weighted by Crippen LogP contribution is -2.07. The zero-order valence-electron chi connectivity index (χ0n) is 15.8. The van der Waals surface area contributed by atoms with Crippen LogP contribution in [0.4, 0.5) is 11.5 Å². The lowest BCUT2D eigenvalue weighted by atomic mass is 10.1. The molecule has 4 aromatic rings. The summed E-state index contributed by atoms with van der Waals surface area (Å²) in [6.45, 7) is 1.44. The second-order valence-electron chi connectivity index (χ2n) is 6.61. The van der Waals surface area contributed by atoms with Gasteiger partial charge in [0, 0.05) is 37.8 Å². The van der Waals surface area contributed by atoms with Crippen LogP contribution in [0.15, 0.2) is 54.9 Å². The average Bonchev–Trinajstić information content (AvgIpc) is 3.11. The molecule has 2 heterocycles. The van der Waals surface area contributed by atoms with Gasteiger partial charge in [0.25, 0.3) is 0 Å². The first-order chi connectivity index (χ1) is 13.5. The Labute approximate surface area is 166 Å². The molecule has 1 amide bonds. The molecule has 2 aromatic carbocycles. The van der Waals surface area contributed by atoms with E-state index in [1.165, 1.54) is 17.3 Å². The molecular weight excluding hydrogens is 370 g/mol. The number of amides is 1. The van der Waals surface area contributed by atoms with E-state index in [0.717, 1.165) is 27.3 Å². The lowest BCUT2D eigenvalue weighted by Gasteiger charge is -2.11. The van der Waals surface area contributed by atoms with Gasteiger partial charge in [-0.25, -0.2) is 9.97 Å². The van der Waals surface area contributed by atoms with Gasteiger partial charge in [0.15, 0.2) is 5.82 Å². The Morgan fingerprint density at radius 1 is 1.00 bits per heavy atom. The van der Waals surface area contributed by atoms with Crippen molar-refractivity contribution in [3.05, 3.63) is 54.9 Å². The van der Waals surface area contributed by atoms with Crippen molar-refractivity contribution in [2.45, 2.75) is 6.92 Å². The fraction of sp³-hybridized carbons (Fsp3) is 0.143. The van der Waals surface area contributed by atoms with Crippen LogP contribution in [0.25, 0.3) is 32.0 Å². The molecule has 6 nitrogen and oxygen atoms in total. The Balaban J connectivity index is 1.59. The molecule has 140 valence electrons. The summed E-state index contributed by atoms with van der Waals surface area (Å²) in [6.07, 6.45) is 3.21. The van der Waals surface area contributed by atoms with E-state index in [4.69, 9.17) is 4.98 Å². The molecule has 0 aliphatic heterocycles. The van der Waals surface area contributed by atoms with Crippen LogP contribution >= 0.6 is 11.3 Å². The highest BCUT2D eigenvalue weighted by Gasteiger charge is 2.09. The predicted octanol–water partition coefficient (Wildman–Crippen LogP) is 4.44. The first kappa shape index (κ1) is 18.1. The molecule has 0 saturated carbocycles. The van der Waals surface area contributed by atoms with Crippen LogP contribution in [0.3, 0.4) is 0 Å². The molecule has 7 heteroatoms. The first-order valence-corrected chi connectivity index (χ1v) is 9.59. The third-order valence-electron chi connectivity index (χ3n) is 4.27. The summed E-state index contributed by atoms with van der Waals surface area (Å²) in [6, 6.07) is 14.4. The zero-order chi connectivity index (χ0) is 19.7. The number of hydrogen-bond donors (Lipinski definition) is 1. The second kappa shape index (κ2) is 7.36. The summed E-state index contributed by atoms with van der Waals surface area (Å²) < 4.78 is 1.17. The van der Waals surface area contributed by atoms with E-state index in [2.05, 4.69) is 38.4 Å². The van der Waals surface area contributed by atoms with Crippen molar-refractivity contribution < 1.29 is 4.79 Å². The number of hydrogen-bond acceptors (Lipinski definition) is 6. The van der Waals surface area contributed by atoms with Gasteiger partial charge in [0.1, 0.15) is 5.01 Å². The fourth-order valence-corrected chi connectivity index (χ4v) is 3.82. The Bertz CT molecular complexity index is 1130. The SMILES string of the molecule is CC(=O)Nc1cnc(-c2ccc(-c3nc4ccc(N(C)C)cc4s3)cc2)cn1. The summed E-state index contributed by atoms with van der Waals surface area (Å²) in [5, 5.41) is 3.61. The molecule has 2 aromatic heterocycles. The van der Waals surface area contributed by atoms with E-state index in [0.29, 0.717) is 5.82 Å². The van der Waals surface area contributed by atoms with Crippen molar-refractivity contribution in [1.82, 2.24) is 15.0 Å². The third-order valence-corrected chi connectivity index (χ3v) is 5.34. The van der Waals surface area contributed by atoms with Crippen LogP contribution < -0.4 is 10.2 Å². The number of rotatable bonds is 4. The minimum absolute atomic E-state index is 0.167. The van der Waals surface area contributed by atoms with E-state index < -0.39 is 0 Å². The molecule has 0 fully saturated rings. The Morgan fingerprint density at radius 2 is 1.75 bits per heavy atom. The number of nitrogens with one attached hydrogen (secondary N) is 1. The summed E-state index contributed by atoms with van der Waals surface area (Å²) in [7, 11) is 4.07. The largest absolute Gasteiger partial charge is 0.378 e. The number of benzene rings is 2. The Hall–Kier alpha value is -3.32. The lowest BCUT2D eigenvalue weighted by molar-refractivity contribution is -0.114. The van der Waals surface area contributed by atoms with Gasteiger partial charge >= 0.3 is 0 Å². The molecule has 0 bridgehead atoms. The summed E-state index contributed by atoms with van der Waals surface area (Å²) >= 11 is 1.69. The highest BCUT2D eigenvalue weighted by molar-refractivity contribution is 7.21. The topological polar surface area (TPSA) is 71.0 Å². The quantitative estimate of drug-likeness (QED) is 0.558. The van der Waals surface area contributed by atoms with E-state index in [9.17, 15) is 4.79 Å². The molecule has 0 aliphatic carbocycles. The second-order valence-corrected chi connectivity index (χ2v) is 7.64. The molecule has 0 aliphatic rings. The van der Waals surface area contributed by atoms with Gasteiger partial charge in [-0.1, -0.05) is 24.3 Å². The summed E-state index contributed by atoms with van der Waals surface area (Å²) in [5.74, 6) is 0.277. The molecule has 1 N–H and O–H groups in total. The Morgan fingerprint density at radius 3 is 2.39 bits per heavy atom. The molecule has 4 rings (SSSR count). The maximum atomic E-state index is 11.1. The van der Waals surface area contributed by atoms with Crippen molar-refractivity contribution in [2.75, 3.05) is 24.3 Å². The van der Waals surface area contributed by atoms with Gasteiger partial charge in [-0.3, -0.25) is 9.78 Å². The molecular formula is C21H19N5OS. The number of aromatic nitrogens is 3. The minimum atomic E-state index is -0.167. The minimum Gasteiger partial charge on any atom is -0.378 e. The molecule has 28 heavy (non-hydrogen) atoms. The normalized spacial score (nSPS) is 10.8. The van der Waals surface area contributed by atoms with E-state index >= 15 is 0 Å². The van der Waals surface area contributed by atoms with Crippen molar-refractivity contribution >= 4 is 39.0 Å². The smallest absolute Gasteiger partial charge is 0.222 e. The molecule has 0 unspecified atom stereocenters. The number of thiazole rings is 1. The van der Waals surface area contributed by atoms with Crippen LogP contribution in [0.1, 0.15) is 6.92 Å². The highest BCUT2D eigenvalue weighted by atomic mass is 32.1. The van der Waals surface area contributed by atoms with Crippen LogP contribution in [0.2, 0.25) is 0 Å². The monoisotopic (exact) mass is 389 g/mol. The van der Waals surface area contributed by atoms with Crippen molar-refractivity contribution in [3.63, 3.8) is 0 Å². The third kappa shape index (κ3) is 3.70. The van der Waals surface area contributed by atoms with Gasteiger partial charge in [-0.05, 0) is 18.2 Å². The fourth-order valence-electron chi connectivity index (χ4n) is 2.82. The number of nitrogens with zero attached hydrogens (tertiary/aromatic N) is 4. The van der Waals surface area contributed by atoms with E-state index in [1.807, 2.05) is 38.4 Å². The van der Waals surface area contributed by atoms with Gasteiger partial charge in [-0.2, -0.15) is 0 Å². The predicted molar refractivity (Wildman–Crippen MR) is 115 cm³/mol. The zero-order valence-corrected chi connectivity index (χ0v) is 16.6. The average molecular weight is 389 g/mol. The highest BCUT2D eigenvalue weighted by Crippen LogP contribution is 2.33. The maximum Gasteiger partial charge on any atom is 0.222 e. The summed E-state index contributed by atoms with van der Waals surface area (Å²) in [5.41, 5.74) is 4.95. The molecule has 0 saturated heterocycles. The number of carbonyl (C=O) groups is 1. The van der Waals surface area contributed by atoms with Crippen molar-refractivity contribution in [3.8, 4) is 21.8 Å². The first-order valence-electron chi connectivity index (χ1n) is 8.78. The molecule has 0 spiro atoms. The van der Waals surface area contributed by atoms with E-state index in [1.54, 1.807) is 23.7 Å². The van der Waals surface area contributed by atoms with Crippen LogP contribution in [0.5, 0.6) is 0 Å². The van der Waals surface area contributed by atoms with Gasteiger partial charge in [0.2, 0.25) is 5.91 Å². The number of anilines is 2. The van der Waals surface area contributed by atoms with Crippen molar-refractivity contribution in [1.29, 1.82) is 0 Å². The summed E-state index contributed by atoms with van der Waals surface area (Å²) in [4.78, 5) is 26.5. The number of carbonyl (C=O) groups excluding carboxylic acids is 1. The van der Waals surface area contributed by atoms with Gasteiger partial charge < -0.3 is 10.2 Å². The van der Waals surface area contributed by atoms with Gasteiger partial charge in [0.05, 0.1) is 28.3 Å². The molecule has 0 radical (unpaired) electrons. The standard InChI is InChI=1S/C21H19N5OS/c1-13(27)24-20-12-22-18(11-23-20)14-4-6-15(7-5-14)21-25-17-9-8-16(26(2)3)10-19(17)28-21/h4-12H,1-3H3,(H,23,24,27). The van der Waals surface area contributed by atoms with E-state index in [-0.39, 0.29) is 5.91 Å². The number of fused-ring (bicyclic) bond motifs is 1. The van der Waals surface area contributed by atoms with Crippen molar-refractivity contribution in [2.24, 2.45) is 0 Å². The van der Waals surface area contributed by atoms with Crippen LogP contribution in [-0.2, 0) is 4.79 Å². The van der Waals surface area contributed by atoms with Crippen LogP contribution in [-0.4, -0.2) is 35.0 Å². The van der Waals surface area contributed by atoms with Gasteiger partial charge in [-0.15, -0.1) is 11.3 Å². The Kier molecular flexibility index (Phi) is 4.75. The van der Waals surface area contributed by atoms with Crippen LogP contribution in [0, 0.1) is 0 Å². The molecule has 0 atom stereocenters.